The number of rotatable bonds is 6. The van der Waals surface area contributed by atoms with Crippen molar-refractivity contribution in [1.29, 1.82) is 0 Å². The molecule has 4 heterocycles. The Morgan fingerprint density at radius 3 is 1.48 bits per heavy atom. The van der Waals surface area contributed by atoms with E-state index in [4.69, 9.17) is 23.2 Å². The molecule has 4 aromatic heterocycles. The van der Waals surface area contributed by atoms with Crippen LogP contribution >= 0.6 is 51.3 Å². The first-order valence-corrected chi connectivity index (χ1v) is 22.1. The van der Waals surface area contributed by atoms with Gasteiger partial charge in [0.1, 0.15) is 21.9 Å². The van der Waals surface area contributed by atoms with Gasteiger partial charge in [-0.2, -0.15) is 0 Å². The third kappa shape index (κ3) is 14.1. The van der Waals surface area contributed by atoms with E-state index in [-0.39, 0.29) is 22.2 Å². The van der Waals surface area contributed by atoms with Gasteiger partial charge in [-0.3, -0.25) is 33.3 Å². The third-order valence-corrected chi connectivity index (χ3v) is 11.0. The molecule has 3 N–H and O–H groups in total. The molecule has 334 valence electrons. The number of H-pyrrole nitrogens is 3. The Labute approximate surface area is 399 Å². The maximum absolute atomic E-state index is 12.8. The molecule has 0 saturated heterocycles. The van der Waals surface area contributed by atoms with Crippen LogP contribution in [0.1, 0.15) is 50.3 Å². The Bertz CT molecular complexity index is 3160. The van der Waals surface area contributed by atoms with Crippen molar-refractivity contribution < 1.29 is 0 Å². The maximum Gasteiger partial charge on any atom is 0.268 e. The van der Waals surface area contributed by atoms with Crippen molar-refractivity contribution in [3.63, 3.8) is 0 Å². The molecule has 0 aliphatic heterocycles. The summed E-state index contributed by atoms with van der Waals surface area (Å²) in [6, 6.07) is 27.8. The highest BCUT2D eigenvalue weighted by Gasteiger charge is 2.17. The Balaban J connectivity index is 0.000000183. The molecule has 0 unspecified atom stereocenters. The molecule has 4 aromatic carbocycles. The molecular formula is C49H47BrCl2N8O4S. The Hall–Kier alpha value is -6.32. The highest BCUT2D eigenvalue weighted by molar-refractivity contribution is 9.10. The second-order valence-corrected chi connectivity index (χ2v) is 17.3. The average Bonchev–Trinajstić information content (AvgIpc) is 3.23. The molecule has 12 nitrogen and oxygen atoms in total. The molecule has 0 atom stereocenters. The standard InChI is InChI=1S/C20H18BrClN2O.C20H19ClN2O.C5H6N2O.C4H4N2OS/c1-12-8-13(2)18(14(3)9-12)19-23-10-17(21)20(25)24(19)11-15-4-6-16(22)7-5-15;1-13-10-14(2)19(15(3)11-13)20-22-9-8-18(24)23(20)12-16-4-6-17(21)7-5-16;1-4-6-3-2-5(8)7-4;7-3-1-2-5-4(8)6-3/h4-10H,11H2,1-3H3;4-11H,12H2,1-3H3;2-3H,1H3,(H,6,7,8);1-2H,(H2,5,6,7,8). The first-order valence-electron chi connectivity index (χ1n) is 20.2. The fourth-order valence-corrected chi connectivity index (χ4v) is 7.80. The van der Waals surface area contributed by atoms with Gasteiger partial charge in [0.05, 0.1) is 13.1 Å². The summed E-state index contributed by atoms with van der Waals surface area (Å²) in [4.78, 5) is 66.4. The van der Waals surface area contributed by atoms with E-state index in [9.17, 15) is 19.2 Å². The van der Waals surface area contributed by atoms with Gasteiger partial charge in [-0.1, -0.05) is 82.9 Å². The number of nitrogens with one attached hydrogen (secondary N) is 3. The van der Waals surface area contributed by atoms with E-state index in [0.717, 1.165) is 44.5 Å². The van der Waals surface area contributed by atoms with Crippen LogP contribution in [-0.2, 0) is 13.1 Å². The average molecular weight is 995 g/mol. The molecule has 0 amide bonds. The number of hydrogen-bond acceptors (Lipinski definition) is 8. The summed E-state index contributed by atoms with van der Waals surface area (Å²) in [6.45, 7) is 15.0. The maximum atomic E-state index is 12.8. The summed E-state index contributed by atoms with van der Waals surface area (Å²) in [5, 5.41) is 1.36. The highest BCUT2D eigenvalue weighted by Crippen LogP contribution is 2.28. The summed E-state index contributed by atoms with van der Waals surface area (Å²) in [5.41, 5.74) is 10.5. The Kier molecular flexibility index (Phi) is 17.6. The third-order valence-electron chi connectivity index (χ3n) is 9.73. The smallest absolute Gasteiger partial charge is 0.268 e. The van der Waals surface area contributed by atoms with Gasteiger partial charge in [0.25, 0.3) is 22.2 Å². The van der Waals surface area contributed by atoms with Gasteiger partial charge < -0.3 is 9.97 Å². The molecule has 0 saturated carbocycles. The number of aromatic nitrogens is 8. The number of aromatic amines is 3. The zero-order valence-corrected chi connectivity index (χ0v) is 40.7. The zero-order chi connectivity index (χ0) is 47.4. The van der Waals surface area contributed by atoms with Crippen LogP contribution in [0.15, 0.2) is 139 Å². The second kappa shape index (κ2) is 23.0. The van der Waals surface area contributed by atoms with Crippen LogP contribution in [0, 0.1) is 53.2 Å². The minimum Gasteiger partial charge on any atom is -0.339 e. The van der Waals surface area contributed by atoms with Crippen LogP contribution in [0.2, 0.25) is 10.0 Å². The monoisotopic (exact) mass is 992 g/mol. The van der Waals surface area contributed by atoms with Gasteiger partial charge in [-0.15, -0.1) is 0 Å². The van der Waals surface area contributed by atoms with Crippen LogP contribution in [-0.4, -0.2) is 39.0 Å². The molecule has 0 bridgehead atoms. The lowest BCUT2D eigenvalue weighted by Crippen LogP contribution is -2.24. The first-order chi connectivity index (χ1) is 30.9. The van der Waals surface area contributed by atoms with Crippen molar-refractivity contribution in [2.45, 2.75) is 61.6 Å². The largest absolute Gasteiger partial charge is 0.339 e. The number of nitrogens with zero attached hydrogens (tertiary/aromatic N) is 5. The van der Waals surface area contributed by atoms with Gasteiger partial charge in [-0.25, -0.2) is 15.0 Å². The molecule has 0 radical (unpaired) electrons. The molecule has 8 aromatic rings. The quantitative estimate of drug-likeness (QED) is 0.139. The van der Waals surface area contributed by atoms with Crippen molar-refractivity contribution in [3.05, 3.63) is 227 Å². The van der Waals surface area contributed by atoms with Crippen LogP contribution < -0.4 is 22.2 Å². The Morgan fingerprint density at radius 2 is 1.05 bits per heavy atom. The number of halogens is 3. The van der Waals surface area contributed by atoms with Crippen molar-refractivity contribution in [2.75, 3.05) is 0 Å². The minimum absolute atomic E-state index is 0.0608. The number of aryl methyl sites for hydroxylation is 7. The lowest BCUT2D eigenvalue weighted by atomic mass is 9.99. The molecular weight excluding hydrogens is 947 g/mol. The molecule has 16 heteroatoms. The molecule has 0 fully saturated rings. The summed E-state index contributed by atoms with van der Waals surface area (Å²) in [6.07, 6.45) is 6.14. The summed E-state index contributed by atoms with van der Waals surface area (Å²) in [5.74, 6) is 2.03. The Morgan fingerprint density at radius 1 is 0.585 bits per heavy atom. The van der Waals surface area contributed by atoms with E-state index in [1.807, 2.05) is 48.5 Å². The van der Waals surface area contributed by atoms with E-state index in [1.165, 1.54) is 41.7 Å². The number of hydrogen-bond donors (Lipinski definition) is 3. The summed E-state index contributed by atoms with van der Waals surface area (Å²) >= 11 is 19.8. The fourth-order valence-electron chi connectivity index (χ4n) is 7.06. The van der Waals surface area contributed by atoms with Crippen molar-refractivity contribution in [1.82, 2.24) is 39.0 Å². The molecule has 8 rings (SSSR count). The van der Waals surface area contributed by atoms with Gasteiger partial charge in [0, 0.05) is 64.2 Å². The zero-order valence-electron chi connectivity index (χ0n) is 36.8. The lowest BCUT2D eigenvalue weighted by molar-refractivity contribution is 0.741. The number of benzene rings is 4. The van der Waals surface area contributed by atoms with Gasteiger partial charge in [0.15, 0.2) is 4.77 Å². The van der Waals surface area contributed by atoms with Crippen LogP contribution in [0.4, 0.5) is 0 Å². The highest BCUT2D eigenvalue weighted by atomic mass is 79.9. The van der Waals surface area contributed by atoms with Crippen molar-refractivity contribution in [3.8, 4) is 22.8 Å². The van der Waals surface area contributed by atoms with E-state index < -0.39 is 0 Å². The lowest BCUT2D eigenvalue weighted by Gasteiger charge is -2.17. The van der Waals surface area contributed by atoms with Crippen LogP contribution in [0.5, 0.6) is 0 Å². The van der Waals surface area contributed by atoms with Gasteiger partial charge in [-0.05, 0) is 134 Å². The topological polar surface area (TPSA) is 164 Å². The molecule has 65 heavy (non-hydrogen) atoms. The first kappa shape index (κ1) is 49.7. The predicted octanol–water partition coefficient (Wildman–Crippen LogP) is 10.3. The van der Waals surface area contributed by atoms with E-state index in [0.29, 0.717) is 49.9 Å². The minimum atomic E-state index is -0.172. The van der Waals surface area contributed by atoms with Crippen LogP contribution in [0.25, 0.3) is 22.8 Å². The summed E-state index contributed by atoms with van der Waals surface area (Å²) in [7, 11) is 0. The fraction of sp³-hybridized carbons (Fsp3) is 0.184. The normalized spacial score (nSPS) is 10.4. The predicted molar refractivity (Wildman–Crippen MR) is 267 cm³/mol. The SMILES string of the molecule is Cc1cc(C)c(-c2ncc(Br)c(=O)n2Cc2ccc(Cl)cc2)c(C)c1.Cc1cc(C)c(-c2nccc(=O)n2Cc2ccc(Cl)cc2)c(C)c1.Cc1nccc(=O)[nH]1.O=c1cc[nH]c(=S)[nH]1. The van der Waals surface area contributed by atoms with Crippen LogP contribution in [0.3, 0.4) is 0 Å². The van der Waals surface area contributed by atoms with Crippen molar-refractivity contribution in [2.24, 2.45) is 0 Å². The van der Waals surface area contributed by atoms with E-state index in [1.54, 1.807) is 28.5 Å². The van der Waals surface area contributed by atoms with Crippen molar-refractivity contribution >= 4 is 51.3 Å². The van der Waals surface area contributed by atoms with Gasteiger partial charge in [0.2, 0.25) is 0 Å². The molecule has 0 aliphatic rings. The molecule has 0 spiro atoms. The van der Waals surface area contributed by atoms with E-state index >= 15 is 0 Å². The van der Waals surface area contributed by atoms with E-state index in [2.05, 4.69) is 124 Å². The van der Waals surface area contributed by atoms with Gasteiger partial charge >= 0.3 is 0 Å². The second-order valence-electron chi connectivity index (χ2n) is 15.1. The molecule has 0 aliphatic carbocycles. The summed E-state index contributed by atoms with van der Waals surface area (Å²) < 4.78 is 4.23.